The third-order valence-electron chi connectivity index (χ3n) is 2.58. The van der Waals surface area contributed by atoms with Crippen LogP contribution in [-0.2, 0) is 12.8 Å². The van der Waals surface area contributed by atoms with Crippen LogP contribution in [0.4, 0.5) is 10.2 Å². The molecule has 0 bridgehead atoms. The van der Waals surface area contributed by atoms with Gasteiger partial charge in [-0.25, -0.2) is 14.4 Å². The van der Waals surface area contributed by atoms with Crippen molar-refractivity contribution in [1.82, 2.24) is 9.97 Å². The average Bonchev–Trinajstić information content (AvgIpc) is 2.33. The van der Waals surface area contributed by atoms with Gasteiger partial charge in [-0.3, -0.25) is 0 Å². The lowest BCUT2D eigenvalue weighted by Gasteiger charge is -2.02. The van der Waals surface area contributed by atoms with Crippen molar-refractivity contribution in [3.8, 4) is 0 Å². The molecule has 0 atom stereocenters. The van der Waals surface area contributed by atoms with Crippen LogP contribution < -0.4 is 5.73 Å². The van der Waals surface area contributed by atoms with Crippen LogP contribution >= 0.6 is 0 Å². The summed E-state index contributed by atoms with van der Waals surface area (Å²) in [6.45, 7) is 2.05. The quantitative estimate of drug-likeness (QED) is 0.881. The second-order valence-electron chi connectivity index (χ2n) is 4.01. The third kappa shape index (κ3) is 3.00. The summed E-state index contributed by atoms with van der Waals surface area (Å²) in [6, 6.07) is 8.27. The number of rotatable bonds is 3. The largest absolute Gasteiger partial charge is 0.381 e. The van der Waals surface area contributed by atoms with Crippen LogP contribution in [0.5, 0.6) is 0 Å². The van der Waals surface area contributed by atoms with E-state index in [4.69, 9.17) is 5.73 Å². The molecule has 2 aromatic rings. The lowest BCUT2D eigenvalue weighted by Crippen LogP contribution is -2.03. The summed E-state index contributed by atoms with van der Waals surface area (Å²) in [5.74, 6) is -0.0764. The van der Waals surface area contributed by atoms with Crippen molar-refractivity contribution < 1.29 is 4.39 Å². The summed E-state index contributed by atoms with van der Waals surface area (Å²) in [4.78, 5) is 7.80. The van der Waals surface area contributed by atoms with Crippen molar-refractivity contribution in [2.24, 2.45) is 0 Å². The van der Waals surface area contributed by atoms with Crippen LogP contribution in [0.2, 0.25) is 0 Å². The zero-order valence-electron chi connectivity index (χ0n) is 9.65. The Balaban J connectivity index is 2.02. The summed E-state index contributed by atoms with van der Waals surface area (Å²) in [7, 11) is 0. The number of anilines is 1. The van der Waals surface area contributed by atoms with Crippen molar-refractivity contribution >= 4 is 5.82 Å². The van der Waals surface area contributed by atoms with Gasteiger partial charge in [-0.05, 0) is 18.9 Å². The van der Waals surface area contributed by atoms with Crippen molar-refractivity contribution in [1.29, 1.82) is 0 Å². The number of aryl methyl sites for hydroxylation is 3. The first-order valence-electron chi connectivity index (χ1n) is 5.47. The van der Waals surface area contributed by atoms with Gasteiger partial charge in [0, 0.05) is 6.42 Å². The van der Waals surface area contributed by atoms with Gasteiger partial charge in [0.25, 0.3) is 0 Å². The molecule has 0 fully saturated rings. The molecule has 1 aromatic carbocycles. The number of hydrogen-bond donors (Lipinski definition) is 1. The second kappa shape index (κ2) is 4.91. The van der Waals surface area contributed by atoms with E-state index in [-0.39, 0.29) is 5.82 Å². The minimum Gasteiger partial charge on any atom is -0.381 e. The van der Waals surface area contributed by atoms with Crippen LogP contribution in [0, 0.1) is 12.7 Å². The molecule has 4 heteroatoms. The number of halogens is 1. The molecule has 0 radical (unpaired) electrons. The molecule has 0 aliphatic heterocycles. The molecule has 0 aliphatic carbocycles. The molecule has 0 saturated heterocycles. The van der Waals surface area contributed by atoms with E-state index in [1.807, 2.05) is 6.92 Å². The van der Waals surface area contributed by atoms with E-state index in [2.05, 4.69) is 34.2 Å². The van der Waals surface area contributed by atoms with Crippen LogP contribution in [0.3, 0.4) is 0 Å². The fourth-order valence-electron chi connectivity index (χ4n) is 1.55. The molecule has 0 aliphatic rings. The Morgan fingerprint density at radius 1 is 1.18 bits per heavy atom. The average molecular weight is 231 g/mol. The zero-order valence-corrected chi connectivity index (χ0v) is 9.65. The van der Waals surface area contributed by atoms with E-state index in [0.717, 1.165) is 12.6 Å². The Labute approximate surface area is 99.5 Å². The molecule has 17 heavy (non-hydrogen) atoms. The topological polar surface area (TPSA) is 51.8 Å². The van der Waals surface area contributed by atoms with E-state index in [9.17, 15) is 4.39 Å². The molecule has 3 nitrogen and oxygen atoms in total. The lowest BCUT2D eigenvalue weighted by molar-refractivity contribution is 0.614. The molecule has 0 spiro atoms. The molecule has 2 rings (SSSR count). The highest BCUT2D eigenvalue weighted by Gasteiger charge is 2.03. The van der Waals surface area contributed by atoms with Crippen molar-refractivity contribution in [2.45, 2.75) is 19.8 Å². The first-order valence-corrected chi connectivity index (χ1v) is 5.47. The minimum atomic E-state index is -0.566. The van der Waals surface area contributed by atoms with Crippen LogP contribution in [0.25, 0.3) is 0 Å². The van der Waals surface area contributed by atoms with Crippen LogP contribution in [0.1, 0.15) is 17.0 Å². The first-order chi connectivity index (χ1) is 8.15. The Morgan fingerprint density at radius 2 is 1.88 bits per heavy atom. The lowest BCUT2D eigenvalue weighted by atomic mass is 10.1. The van der Waals surface area contributed by atoms with Gasteiger partial charge < -0.3 is 5.73 Å². The molecule has 0 saturated carbocycles. The Kier molecular flexibility index (Phi) is 3.32. The third-order valence-corrected chi connectivity index (χ3v) is 2.58. The standard InChI is InChI=1S/C13H14FN3/c1-9-2-4-10(5-3-9)6-7-12-16-8-11(14)13(15)17-12/h2-5,8H,6-7H2,1H3,(H2,15,16,17). The molecule has 0 amide bonds. The maximum absolute atomic E-state index is 12.9. The van der Waals surface area contributed by atoms with Crippen molar-refractivity contribution in [3.05, 3.63) is 53.2 Å². The number of benzene rings is 1. The van der Waals surface area contributed by atoms with Gasteiger partial charge in [0.05, 0.1) is 6.20 Å². The van der Waals surface area contributed by atoms with Crippen molar-refractivity contribution in [2.75, 3.05) is 5.73 Å². The van der Waals surface area contributed by atoms with E-state index >= 15 is 0 Å². The van der Waals surface area contributed by atoms with Crippen LogP contribution in [-0.4, -0.2) is 9.97 Å². The first kappa shape index (κ1) is 11.5. The fourth-order valence-corrected chi connectivity index (χ4v) is 1.55. The predicted octanol–water partition coefficient (Wildman–Crippen LogP) is 2.29. The van der Waals surface area contributed by atoms with E-state index < -0.39 is 5.82 Å². The Bertz CT molecular complexity index is 509. The normalized spacial score (nSPS) is 10.5. The summed E-state index contributed by atoms with van der Waals surface area (Å²) >= 11 is 0. The number of nitrogens with zero attached hydrogens (tertiary/aromatic N) is 2. The van der Waals surface area contributed by atoms with E-state index in [1.54, 1.807) is 0 Å². The highest BCUT2D eigenvalue weighted by Crippen LogP contribution is 2.08. The predicted molar refractivity (Wildman–Crippen MR) is 65.0 cm³/mol. The monoisotopic (exact) mass is 231 g/mol. The highest BCUT2D eigenvalue weighted by atomic mass is 19.1. The number of hydrogen-bond acceptors (Lipinski definition) is 3. The number of nitrogens with two attached hydrogens (primary N) is 1. The maximum Gasteiger partial charge on any atom is 0.183 e. The zero-order chi connectivity index (χ0) is 12.3. The molecule has 2 N–H and O–H groups in total. The smallest absolute Gasteiger partial charge is 0.183 e. The van der Waals surface area contributed by atoms with Gasteiger partial charge in [-0.2, -0.15) is 0 Å². The highest BCUT2D eigenvalue weighted by molar-refractivity contribution is 5.28. The maximum atomic E-state index is 12.9. The fraction of sp³-hybridized carbons (Fsp3) is 0.231. The van der Waals surface area contributed by atoms with Gasteiger partial charge >= 0.3 is 0 Å². The van der Waals surface area contributed by atoms with Gasteiger partial charge in [-0.15, -0.1) is 0 Å². The van der Waals surface area contributed by atoms with Gasteiger partial charge in [0.2, 0.25) is 0 Å². The summed E-state index contributed by atoms with van der Waals surface area (Å²) in [5, 5.41) is 0. The molecular formula is C13H14FN3. The molecule has 0 unspecified atom stereocenters. The van der Waals surface area contributed by atoms with Gasteiger partial charge in [0.15, 0.2) is 11.6 Å². The van der Waals surface area contributed by atoms with Gasteiger partial charge in [-0.1, -0.05) is 29.8 Å². The van der Waals surface area contributed by atoms with E-state index in [1.165, 1.54) is 11.1 Å². The summed E-state index contributed by atoms with van der Waals surface area (Å²) in [6.07, 6.45) is 2.60. The number of nitrogen functional groups attached to an aromatic ring is 1. The number of aromatic nitrogens is 2. The molecular weight excluding hydrogens is 217 g/mol. The summed E-state index contributed by atoms with van der Waals surface area (Å²) in [5.41, 5.74) is 7.83. The minimum absolute atomic E-state index is 0.0843. The van der Waals surface area contributed by atoms with Crippen LogP contribution in [0.15, 0.2) is 30.5 Å². The van der Waals surface area contributed by atoms with E-state index in [0.29, 0.717) is 12.2 Å². The Hall–Kier alpha value is -1.97. The Morgan fingerprint density at radius 3 is 2.53 bits per heavy atom. The SMILES string of the molecule is Cc1ccc(CCc2ncc(F)c(N)n2)cc1. The molecule has 1 heterocycles. The van der Waals surface area contributed by atoms with Gasteiger partial charge in [0.1, 0.15) is 5.82 Å². The molecule has 1 aromatic heterocycles. The summed E-state index contributed by atoms with van der Waals surface area (Å²) < 4.78 is 12.9. The second-order valence-corrected chi connectivity index (χ2v) is 4.01. The molecule has 88 valence electrons. The van der Waals surface area contributed by atoms with Crippen molar-refractivity contribution in [3.63, 3.8) is 0 Å².